The lowest BCUT2D eigenvalue weighted by Gasteiger charge is -2.42. The van der Waals surface area contributed by atoms with Gasteiger partial charge >= 0.3 is 0 Å². The second-order valence-corrected chi connectivity index (χ2v) is 4.15. The molecule has 4 nitrogen and oxygen atoms in total. The van der Waals surface area contributed by atoms with E-state index in [9.17, 15) is 5.11 Å². The van der Waals surface area contributed by atoms with Crippen LogP contribution < -0.4 is 5.32 Å². The SMILES string of the molecule is OC1C2OCC(O2)C2CCCNC12. The molecule has 3 rings (SSSR count). The average Bonchev–Trinajstić information content (AvgIpc) is 2.61. The van der Waals surface area contributed by atoms with Gasteiger partial charge in [0.05, 0.1) is 12.7 Å². The van der Waals surface area contributed by atoms with Gasteiger partial charge in [-0.25, -0.2) is 0 Å². The molecule has 5 unspecified atom stereocenters. The Hall–Kier alpha value is -0.160. The van der Waals surface area contributed by atoms with Crippen molar-refractivity contribution in [1.29, 1.82) is 0 Å². The van der Waals surface area contributed by atoms with E-state index in [1.165, 1.54) is 6.42 Å². The van der Waals surface area contributed by atoms with Crippen molar-refractivity contribution in [2.45, 2.75) is 37.4 Å². The van der Waals surface area contributed by atoms with Crippen molar-refractivity contribution in [2.75, 3.05) is 13.2 Å². The van der Waals surface area contributed by atoms with Gasteiger partial charge in [-0.1, -0.05) is 0 Å². The van der Waals surface area contributed by atoms with Crippen LogP contribution in [0.25, 0.3) is 0 Å². The number of hydrogen-bond donors (Lipinski definition) is 2. The van der Waals surface area contributed by atoms with Crippen LogP contribution in [0.15, 0.2) is 0 Å². The number of hydrogen-bond acceptors (Lipinski definition) is 4. The summed E-state index contributed by atoms with van der Waals surface area (Å²) in [6, 6.07) is 0.194. The zero-order valence-corrected chi connectivity index (χ0v) is 7.48. The van der Waals surface area contributed by atoms with E-state index in [2.05, 4.69) is 5.32 Å². The third kappa shape index (κ3) is 1.13. The standard InChI is InChI=1S/C9H15NO3/c11-8-7-5(2-1-3-10-7)6-4-12-9(8)13-6/h5-11H,1-4H2. The number of aliphatic hydroxyl groups is 1. The highest BCUT2D eigenvalue weighted by Crippen LogP contribution is 2.36. The van der Waals surface area contributed by atoms with E-state index >= 15 is 0 Å². The summed E-state index contributed by atoms with van der Waals surface area (Å²) < 4.78 is 10.9. The van der Waals surface area contributed by atoms with Gasteiger partial charge in [-0.2, -0.15) is 0 Å². The van der Waals surface area contributed by atoms with Crippen molar-refractivity contribution in [3.8, 4) is 0 Å². The summed E-state index contributed by atoms with van der Waals surface area (Å²) in [6.45, 7) is 1.67. The Morgan fingerprint density at radius 3 is 3.23 bits per heavy atom. The minimum absolute atomic E-state index is 0.194. The quantitative estimate of drug-likeness (QED) is 0.532. The molecule has 0 aliphatic carbocycles. The van der Waals surface area contributed by atoms with Crippen LogP contribution in [0, 0.1) is 5.92 Å². The van der Waals surface area contributed by atoms with Crippen molar-refractivity contribution >= 4 is 0 Å². The molecule has 0 saturated carbocycles. The van der Waals surface area contributed by atoms with Gasteiger partial charge in [-0.05, 0) is 19.4 Å². The van der Waals surface area contributed by atoms with Gasteiger partial charge in [0.2, 0.25) is 0 Å². The molecule has 13 heavy (non-hydrogen) atoms. The molecule has 2 N–H and O–H groups in total. The fourth-order valence-electron chi connectivity index (χ4n) is 2.74. The van der Waals surface area contributed by atoms with Gasteiger partial charge in [0.1, 0.15) is 6.10 Å². The summed E-state index contributed by atoms with van der Waals surface area (Å²) >= 11 is 0. The van der Waals surface area contributed by atoms with Gasteiger partial charge in [-0.3, -0.25) is 0 Å². The molecule has 5 atom stereocenters. The molecule has 3 saturated heterocycles. The van der Waals surface area contributed by atoms with Crippen molar-refractivity contribution in [3.05, 3.63) is 0 Å². The highest BCUT2D eigenvalue weighted by molar-refractivity contribution is 4.98. The fourth-order valence-corrected chi connectivity index (χ4v) is 2.74. The third-order valence-corrected chi connectivity index (χ3v) is 3.41. The first kappa shape index (κ1) is 8.17. The molecular formula is C9H15NO3. The average molecular weight is 185 g/mol. The monoisotopic (exact) mass is 185 g/mol. The van der Waals surface area contributed by atoms with E-state index in [4.69, 9.17) is 9.47 Å². The van der Waals surface area contributed by atoms with Gasteiger partial charge in [-0.15, -0.1) is 0 Å². The van der Waals surface area contributed by atoms with Crippen molar-refractivity contribution in [2.24, 2.45) is 5.92 Å². The normalized spacial score (nSPS) is 54.7. The van der Waals surface area contributed by atoms with Gasteiger partial charge < -0.3 is 19.9 Å². The molecule has 74 valence electrons. The smallest absolute Gasteiger partial charge is 0.185 e. The largest absolute Gasteiger partial charge is 0.386 e. The highest BCUT2D eigenvalue weighted by Gasteiger charge is 2.50. The summed E-state index contributed by atoms with van der Waals surface area (Å²) in [4.78, 5) is 0. The highest BCUT2D eigenvalue weighted by atomic mass is 16.7. The maximum absolute atomic E-state index is 9.88. The lowest BCUT2D eigenvalue weighted by Crippen LogP contribution is -2.59. The Labute approximate surface area is 77.2 Å². The van der Waals surface area contributed by atoms with Crippen LogP contribution in [0.2, 0.25) is 0 Å². The van der Waals surface area contributed by atoms with Crippen LogP contribution in [0.3, 0.4) is 0 Å². The molecule has 4 heteroatoms. The topological polar surface area (TPSA) is 50.7 Å². The molecule has 0 aromatic carbocycles. The molecule has 0 aromatic heterocycles. The van der Waals surface area contributed by atoms with Crippen molar-refractivity contribution in [3.63, 3.8) is 0 Å². The second-order valence-electron chi connectivity index (χ2n) is 4.15. The zero-order chi connectivity index (χ0) is 8.84. The lowest BCUT2D eigenvalue weighted by molar-refractivity contribution is -0.185. The summed E-state index contributed by atoms with van der Waals surface area (Å²) in [6.07, 6.45) is 1.68. The van der Waals surface area contributed by atoms with E-state index in [1.807, 2.05) is 0 Å². The fraction of sp³-hybridized carbons (Fsp3) is 1.00. The first-order chi connectivity index (χ1) is 6.36. The second kappa shape index (κ2) is 2.92. The number of piperidine rings is 1. The van der Waals surface area contributed by atoms with Gasteiger partial charge in [0.25, 0.3) is 0 Å². The predicted octanol–water partition coefficient (Wildman–Crippen LogP) is -0.529. The Morgan fingerprint density at radius 1 is 1.38 bits per heavy atom. The predicted molar refractivity (Wildman–Crippen MR) is 45.1 cm³/mol. The Morgan fingerprint density at radius 2 is 2.31 bits per heavy atom. The maximum Gasteiger partial charge on any atom is 0.185 e. The van der Waals surface area contributed by atoms with Gasteiger partial charge in [0, 0.05) is 12.0 Å². The molecule has 3 aliphatic heterocycles. The van der Waals surface area contributed by atoms with Crippen molar-refractivity contribution < 1.29 is 14.6 Å². The minimum Gasteiger partial charge on any atom is -0.386 e. The number of aliphatic hydroxyl groups excluding tert-OH is 1. The summed E-state index contributed by atoms with van der Waals surface area (Å²) in [5.74, 6) is 0.447. The van der Waals surface area contributed by atoms with Crippen LogP contribution in [0.4, 0.5) is 0 Å². The number of ether oxygens (including phenoxy) is 2. The Bertz CT molecular complexity index is 205. The van der Waals surface area contributed by atoms with E-state index < -0.39 is 6.10 Å². The summed E-state index contributed by atoms with van der Waals surface area (Å²) in [5, 5.41) is 13.2. The lowest BCUT2D eigenvalue weighted by atomic mass is 9.82. The molecule has 3 heterocycles. The molecule has 0 radical (unpaired) electrons. The maximum atomic E-state index is 9.88. The van der Waals surface area contributed by atoms with Crippen LogP contribution >= 0.6 is 0 Å². The van der Waals surface area contributed by atoms with Gasteiger partial charge in [0.15, 0.2) is 6.29 Å². The van der Waals surface area contributed by atoms with E-state index in [0.717, 1.165) is 13.0 Å². The first-order valence-electron chi connectivity index (χ1n) is 5.05. The van der Waals surface area contributed by atoms with Crippen LogP contribution in [0.5, 0.6) is 0 Å². The van der Waals surface area contributed by atoms with E-state index in [1.54, 1.807) is 0 Å². The zero-order valence-electron chi connectivity index (χ0n) is 7.48. The summed E-state index contributed by atoms with van der Waals surface area (Å²) in [5.41, 5.74) is 0. The molecule has 0 amide bonds. The minimum atomic E-state index is -0.482. The van der Waals surface area contributed by atoms with E-state index in [0.29, 0.717) is 12.5 Å². The number of fused-ring (bicyclic) bond motifs is 4. The number of nitrogens with one attached hydrogen (secondary N) is 1. The summed E-state index contributed by atoms with van der Waals surface area (Å²) in [7, 11) is 0. The molecule has 2 bridgehead atoms. The molecular weight excluding hydrogens is 170 g/mol. The Balaban J connectivity index is 1.85. The third-order valence-electron chi connectivity index (χ3n) is 3.41. The molecule has 3 aliphatic rings. The number of rotatable bonds is 0. The molecule has 0 spiro atoms. The van der Waals surface area contributed by atoms with Crippen LogP contribution in [-0.4, -0.2) is 42.8 Å². The molecule has 0 aromatic rings. The van der Waals surface area contributed by atoms with E-state index in [-0.39, 0.29) is 18.4 Å². The Kier molecular flexibility index (Phi) is 1.83. The van der Waals surface area contributed by atoms with Crippen LogP contribution in [-0.2, 0) is 9.47 Å². The first-order valence-corrected chi connectivity index (χ1v) is 5.05. The molecule has 3 fully saturated rings. The van der Waals surface area contributed by atoms with Crippen molar-refractivity contribution in [1.82, 2.24) is 5.32 Å². The van der Waals surface area contributed by atoms with Crippen LogP contribution in [0.1, 0.15) is 12.8 Å².